The second-order valence-corrected chi connectivity index (χ2v) is 11.5. The molecule has 2 aliphatic heterocycles. The van der Waals surface area contributed by atoms with Crippen molar-refractivity contribution >= 4 is 35.5 Å². The number of esters is 4. The number of carbonyl (C=O) groups is 4. The summed E-state index contributed by atoms with van der Waals surface area (Å²) in [6, 6.07) is 0. The standard InChI is InChI=1S/C26H35ClO10/c1-12-7-8-17(34-14(3)28)24(6)18(35-15(4)29)9-10-25(11-33-25)20(24)22(36-16(5)30)26(32)13(2)23(31)37-21(26)19(12)27/h13,17-22,32H,1,7-11H2,2-6H3/t13-,17-,18-,19-,20+,21-,22?,24-,25-,26+/m0/s1. The molecule has 2 heterocycles. The van der Waals surface area contributed by atoms with Crippen LogP contribution in [-0.2, 0) is 42.9 Å². The molecule has 0 radical (unpaired) electrons. The maximum absolute atomic E-state index is 12.9. The van der Waals surface area contributed by atoms with E-state index in [0.29, 0.717) is 18.4 Å². The van der Waals surface area contributed by atoms with Crippen LogP contribution in [-0.4, -0.2) is 76.6 Å². The number of epoxide rings is 1. The fourth-order valence-corrected chi connectivity index (χ4v) is 7.22. The van der Waals surface area contributed by atoms with E-state index >= 15 is 0 Å². The smallest absolute Gasteiger partial charge is 0.312 e. The van der Waals surface area contributed by atoms with Gasteiger partial charge in [0.1, 0.15) is 18.3 Å². The Hall–Kier alpha value is -2.17. The van der Waals surface area contributed by atoms with Gasteiger partial charge in [-0.05, 0) is 32.6 Å². The predicted molar refractivity (Wildman–Crippen MR) is 128 cm³/mol. The molecule has 206 valence electrons. The largest absolute Gasteiger partial charge is 0.462 e. The van der Waals surface area contributed by atoms with Crippen molar-refractivity contribution in [2.24, 2.45) is 17.3 Å². The number of fused-ring (bicyclic) bond motifs is 3. The number of hydrogen-bond acceptors (Lipinski definition) is 10. The van der Waals surface area contributed by atoms with Crippen LogP contribution in [0.4, 0.5) is 0 Å². The van der Waals surface area contributed by atoms with Gasteiger partial charge in [-0.2, -0.15) is 0 Å². The minimum atomic E-state index is -2.08. The van der Waals surface area contributed by atoms with Gasteiger partial charge in [0.05, 0.1) is 28.9 Å². The summed E-state index contributed by atoms with van der Waals surface area (Å²) >= 11 is 6.75. The van der Waals surface area contributed by atoms with Gasteiger partial charge >= 0.3 is 23.9 Å². The predicted octanol–water partition coefficient (Wildman–Crippen LogP) is 2.22. The molecular formula is C26H35ClO10. The number of aliphatic hydroxyl groups is 1. The van der Waals surface area contributed by atoms with Crippen molar-refractivity contribution in [3.05, 3.63) is 12.2 Å². The summed E-state index contributed by atoms with van der Waals surface area (Å²) in [6.07, 6.45) is -2.94. The zero-order chi connectivity index (χ0) is 27.5. The molecule has 2 saturated carbocycles. The highest BCUT2D eigenvalue weighted by atomic mass is 35.5. The molecule has 1 spiro atoms. The maximum Gasteiger partial charge on any atom is 0.312 e. The molecule has 4 rings (SSSR count). The van der Waals surface area contributed by atoms with Crippen LogP contribution in [0.1, 0.15) is 60.3 Å². The van der Waals surface area contributed by atoms with E-state index in [1.165, 1.54) is 27.7 Å². The first-order valence-electron chi connectivity index (χ1n) is 12.6. The summed E-state index contributed by atoms with van der Waals surface area (Å²) in [5, 5.41) is 11.4. The third kappa shape index (κ3) is 4.44. The molecule has 4 aliphatic rings. The number of alkyl halides is 1. The summed E-state index contributed by atoms with van der Waals surface area (Å²) in [7, 11) is 0. The third-order valence-electron chi connectivity index (χ3n) is 8.77. The number of hydrogen-bond donors (Lipinski definition) is 1. The average Bonchev–Trinajstić information content (AvgIpc) is 3.53. The molecule has 0 aromatic heterocycles. The molecule has 37 heavy (non-hydrogen) atoms. The second kappa shape index (κ2) is 9.54. The molecular weight excluding hydrogens is 508 g/mol. The SMILES string of the molecule is C=C1CC[C@H](OC(C)=O)[C@@]2(C)[C@@H](OC(C)=O)CC[C@]3(CO3)[C@@H]2C(OC(C)=O)[C@@]2(O)[C@@H](C)C(=O)O[C@H]2[C@H]1Cl. The fraction of sp³-hybridized carbons (Fsp3) is 0.769. The van der Waals surface area contributed by atoms with Crippen LogP contribution >= 0.6 is 11.6 Å². The first-order valence-corrected chi connectivity index (χ1v) is 13.0. The molecule has 0 bridgehead atoms. The molecule has 2 aliphatic carbocycles. The Morgan fingerprint density at radius 3 is 2.11 bits per heavy atom. The van der Waals surface area contributed by atoms with Gasteiger partial charge < -0.3 is 28.8 Å². The van der Waals surface area contributed by atoms with E-state index in [1.54, 1.807) is 6.92 Å². The monoisotopic (exact) mass is 542 g/mol. The second-order valence-electron chi connectivity index (χ2n) is 11.0. The van der Waals surface area contributed by atoms with Gasteiger partial charge in [0.25, 0.3) is 0 Å². The van der Waals surface area contributed by atoms with Crippen molar-refractivity contribution in [1.82, 2.24) is 0 Å². The molecule has 0 aromatic rings. The van der Waals surface area contributed by atoms with Crippen molar-refractivity contribution in [3.8, 4) is 0 Å². The summed E-state index contributed by atoms with van der Waals surface area (Å²) < 4.78 is 29.2. The van der Waals surface area contributed by atoms with Gasteiger partial charge in [-0.3, -0.25) is 19.2 Å². The highest BCUT2D eigenvalue weighted by Gasteiger charge is 2.75. The topological polar surface area (TPSA) is 138 Å². The van der Waals surface area contributed by atoms with Crippen molar-refractivity contribution in [2.45, 2.75) is 101 Å². The summed E-state index contributed by atoms with van der Waals surface area (Å²) in [5.74, 6) is -4.47. The molecule has 2 saturated heterocycles. The van der Waals surface area contributed by atoms with E-state index in [0.717, 1.165) is 0 Å². The van der Waals surface area contributed by atoms with E-state index in [9.17, 15) is 24.3 Å². The third-order valence-corrected chi connectivity index (χ3v) is 9.30. The lowest BCUT2D eigenvalue weighted by atomic mass is 9.52. The Balaban J connectivity index is 2.00. The molecule has 0 aromatic carbocycles. The zero-order valence-electron chi connectivity index (χ0n) is 21.8. The Morgan fingerprint density at radius 1 is 1.05 bits per heavy atom. The first kappa shape index (κ1) is 27.9. The van der Waals surface area contributed by atoms with Crippen LogP contribution in [0, 0.1) is 17.3 Å². The summed E-state index contributed by atoms with van der Waals surface area (Å²) in [5.41, 5.74) is -3.71. The lowest BCUT2D eigenvalue weighted by molar-refractivity contribution is -0.244. The van der Waals surface area contributed by atoms with Crippen LogP contribution in [0.25, 0.3) is 0 Å². The van der Waals surface area contributed by atoms with Crippen molar-refractivity contribution in [2.75, 3.05) is 6.61 Å². The van der Waals surface area contributed by atoms with Gasteiger partial charge in [0.15, 0.2) is 11.7 Å². The molecule has 1 unspecified atom stereocenters. The average molecular weight is 543 g/mol. The van der Waals surface area contributed by atoms with E-state index in [1.807, 2.05) is 0 Å². The Morgan fingerprint density at radius 2 is 1.59 bits per heavy atom. The molecule has 1 N–H and O–H groups in total. The molecule has 4 fully saturated rings. The highest BCUT2D eigenvalue weighted by molar-refractivity contribution is 6.23. The minimum absolute atomic E-state index is 0.254. The molecule has 10 nitrogen and oxygen atoms in total. The maximum atomic E-state index is 12.9. The Labute approximate surface area is 220 Å². The minimum Gasteiger partial charge on any atom is -0.462 e. The quantitative estimate of drug-likeness (QED) is 0.186. The van der Waals surface area contributed by atoms with E-state index in [-0.39, 0.29) is 19.4 Å². The van der Waals surface area contributed by atoms with Gasteiger partial charge in [0, 0.05) is 26.7 Å². The Bertz CT molecular complexity index is 1010. The van der Waals surface area contributed by atoms with Gasteiger partial charge in [0.2, 0.25) is 0 Å². The van der Waals surface area contributed by atoms with Gasteiger partial charge in [-0.1, -0.05) is 19.1 Å². The Kier molecular flexibility index (Phi) is 7.18. The number of carbonyl (C=O) groups excluding carboxylic acids is 4. The molecule has 11 heteroatoms. The number of halogens is 1. The van der Waals surface area contributed by atoms with Crippen LogP contribution < -0.4 is 0 Å². The summed E-state index contributed by atoms with van der Waals surface area (Å²) in [6.45, 7) is 11.4. The molecule has 0 amide bonds. The van der Waals surface area contributed by atoms with Gasteiger partial charge in [-0.25, -0.2) is 0 Å². The van der Waals surface area contributed by atoms with Crippen molar-refractivity contribution in [3.63, 3.8) is 0 Å². The summed E-state index contributed by atoms with van der Waals surface area (Å²) in [4.78, 5) is 50.0. The van der Waals surface area contributed by atoms with Crippen LogP contribution in [0.15, 0.2) is 12.2 Å². The lowest BCUT2D eigenvalue weighted by Crippen LogP contribution is -2.70. The zero-order valence-corrected chi connectivity index (χ0v) is 22.5. The lowest BCUT2D eigenvalue weighted by Gasteiger charge is -2.57. The van der Waals surface area contributed by atoms with E-state index in [2.05, 4.69) is 6.58 Å². The van der Waals surface area contributed by atoms with E-state index < -0.39 is 82.1 Å². The number of rotatable bonds is 3. The van der Waals surface area contributed by atoms with E-state index in [4.69, 9.17) is 35.3 Å². The van der Waals surface area contributed by atoms with Gasteiger partial charge in [-0.15, -0.1) is 11.6 Å². The highest BCUT2D eigenvalue weighted by Crippen LogP contribution is 2.62. The van der Waals surface area contributed by atoms with Crippen molar-refractivity contribution in [1.29, 1.82) is 0 Å². The normalized spacial score (nSPS) is 45.2. The van der Waals surface area contributed by atoms with Crippen LogP contribution in [0.3, 0.4) is 0 Å². The fourth-order valence-electron chi connectivity index (χ4n) is 6.85. The van der Waals surface area contributed by atoms with Crippen LogP contribution in [0.2, 0.25) is 0 Å². The molecule has 10 atom stereocenters. The van der Waals surface area contributed by atoms with Crippen LogP contribution in [0.5, 0.6) is 0 Å². The van der Waals surface area contributed by atoms with Crippen molar-refractivity contribution < 1.29 is 48.0 Å². The number of ether oxygens (including phenoxy) is 5. The first-order chi connectivity index (χ1) is 17.2.